The van der Waals surface area contributed by atoms with Gasteiger partial charge in [0, 0.05) is 24.4 Å². The van der Waals surface area contributed by atoms with Crippen molar-refractivity contribution in [3.8, 4) is 11.5 Å². The fourth-order valence-electron chi connectivity index (χ4n) is 8.36. The number of nitrogens with zero attached hydrogens (tertiary/aromatic N) is 1. The maximum absolute atomic E-state index is 14.8. The molecule has 3 rings (SSSR count). The van der Waals surface area contributed by atoms with Gasteiger partial charge in [0.25, 0.3) is 0 Å². The summed E-state index contributed by atoms with van der Waals surface area (Å²) < 4.78 is 11.2. The molecule has 1 saturated heterocycles. The van der Waals surface area contributed by atoms with E-state index in [1.165, 1.54) is 11.1 Å². The van der Waals surface area contributed by atoms with Crippen molar-refractivity contribution in [2.24, 2.45) is 0 Å². The SMILES string of the molecule is BC1(B)C(=O)C(B)(C(B)(B)C(B)(C(B)(B)B)C(B)(B)B)CN2CCc3cc(OC)c(OC)cc3C21. The largest absolute Gasteiger partial charge is 0.493 e. The van der Waals surface area contributed by atoms with E-state index < -0.39 is 10.5 Å². The quantitative estimate of drug-likeness (QED) is 0.397. The van der Waals surface area contributed by atoms with Crippen LogP contribution in [0.15, 0.2) is 12.1 Å². The molecule has 2 heterocycles. The molecule has 16 heteroatoms. The number of Topliss-reactive ketones (excluding diaryl/α,β-unsaturated/α-hetero) is 1. The average Bonchev–Trinajstić information content (AvgIpc) is 2.73. The molecular weight excluding hydrogens is 420 g/mol. The predicted octanol–water partition coefficient (Wildman–Crippen LogP) is -8.52. The molecule has 2 unspecified atom stereocenters. The lowest BCUT2D eigenvalue weighted by Crippen LogP contribution is -2.65. The third-order valence-corrected chi connectivity index (χ3v) is 10.9. The topological polar surface area (TPSA) is 38.8 Å². The highest BCUT2D eigenvalue weighted by molar-refractivity contribution is 6.73. The Morgan fingerprint density at radius 1 is 0.886 bits per heavy atom. The number of hydrogen-bond acceptors (Lipinski definition) is 4. The van der Waals surface area contributed by atoms with Crippen LogP contribution < -0.4 is 9.47 Å². The maximum Gasteiger partial charge on any atom is 0.161 e. The molecule has 0 bridgehead atoms. The van der Waals surface area contributed by atoms with Gasteiger partial charge < -0.3 is 14.3 Å². The average molecular weight is 459 g/mol. The molecule has 0 spiro atoms. The van der Waals surface area contributed by atoms with Crippen molar-refractivity contribution < 1.29 is 14.3 Å². The zero-order valence-corrected chi connectivity index (χ0v) is 25.0. The van der Waals surface area contributed by atoms with Gasteiger partial charge in [-0.1, -0.05) is 10.5 Å². The lowest BCUT2D eigenvalue weighted by Gasteiger charge is -2.70. The number of methoxy groups -OCH3 is 2. The smallest absolute Gasteiger partial charge is 0.161 e. The van der Waals surface area contributed by atoms with Crippen LogP contribution in [0.4, 0.5) is 0 Å². The van der Waals surface area contributed by atoms with E-state index in [4.69, 9.17) is 9.47 Å². The van der Waals surface area contributed by atoms with Crippen LogP contribution in [0, 0.1) is 0 Å². The van der Waals surface area contributed by atoms with Crippen LogP contribution in [0.5, 0.6) is 11.5 Å². The number of benzene rings is 1. The van der Waals surface area contributed by atoms with Crippen molar-refractivity contribution in [3.05, 3.63) is 23.3 Å². The first-order valence-electron chi connectivity index (χ1n) is 13.3. The van der Waals surface area contributed by atoms with Gasteiger partial charge in [-0.2, -0.15) is 0 Å². The molecular formula is C19H39B12NO3. The fraction of sp³-hybridized carbons (Fsp3) is 0.632. The van der Waals surface area contributed by atoms with Crippen molar-refractivity contribution in [2.75, 3.05) is 27.3 Å². The number of rotatable bonds is 6. The molecule has 0 amide bonds. The molecule has 4 nitrogen and oxygen atoms in total. The van der Waals surface area contributed by atoms with Gasteiger partial charge in [0.15, 0.2) is 11.5 Å². The summed E-state index contributed by atoms with van der Waals surface area (Å²) in [6.07, 6.45) is 0.947. The highest BCUT2D eigenvalue weighted by Crippen LogP contribution is 2.76. The molecule has 174 valence electrons. The number of carbonyl (C=O) groups excluding carboxylic acids is 1. The number of ether oxygens (including phenoxy) is 2. The first-order chi connectivity index (χ1) is 15.7. The van der Waals surface area contributed by atoms with E-state index in [0.717, 1.165) is 31.0 Å². The zero-order chi connectivity index (χ0) is 27.0. The van der Waals surface area contributed by atoms with Crippen LogP contribution in [0.2, 0.25) is 31.3 Å². The molecule has 2 aliphatic rings. The first-order valence-corrected chi connectivity index (χ1v) is 13.3. The van der Waals surface area contributed by atoms with Gasteiger partial charge in [-0.05, 0) is 34.9 Å². The summed E-state index contributed by atoms with van der Waals surface area (Å²) >= 11 is 0. The summed E-state index contributed by atoms with van der Waals surface area (Å²) in [7, 11) is 31.2. The van der Waals surface area contributed by atoms with E-state index in [-0.39, 0.29) is 26.8 Å². The van der Waals surface area contributed by atoms with Gasteiger partial charge >= 0.3 is 0 Å². The van der Waals surface area contributed by atoms with E-state index in [1.807, 2.05) is 0 Å². The molecule has 0 radical (unpaired) electrons. The van der Waals surface area contributed by atoms with Crippen LogP contribution in [0.25, 0.3) is 0 Å². The Morgan fingerprint density at radius 3 is 1.83 bits per heavy atom. The fourth-order valence-corrected chi connectivity index (χ4v) is 8.36. The second kappa shape index (κ2) is 8.63. The second-order valence-corrected chi connectivity index (χ2v) is 14.7. The van der Waals surface area contributed by atoms with Crippen LogP contribution in [0.3, 0.4) is 0 Å². The van der Waals surface area contributed by atoms with Gasteiger partial charge in [0.2, 0.25) is 0 Å². The Morgan fingerprint density at radius 2 is 1.37 bits per heavy atom. The van der Waals surface area contributed by atoms with Crippen molar-refractivity contribution in [1.29, 1.82) is 0 Å². The molecule has 1 aromatic carbocycles. The lowest BCUT2D eigenvalue weighted by atomic mass is 9.04. The monoisotopic (exact) mass is 461 g/mol. The van der Waals surface area contributed by atoms with E-state index >= 15 is 0 Å². The van der Waals surface area contributed by atoms with E-state index in [0.29, 0.717) is 5.78 Å². The molecule has 0 aliphatic carbocycles. The third-order valence-electron chi connectivity index (χ3n) is 10.9. The molecule has 35 heavy (non-hydrogen) atoms. The minimum atomic E-state index is -0.546. The molecule has 0 aromatic heterocycles. The molecule has 2 aliphatic heterocycles. The number of piperidine rings is 1. The standard InChI is InChI=1S/C19H39B12NO3/c1-34-10-5-8-3-4-32-7-14(20,17(24,25)16(23,18(26,27)28)19(29,30)31)13(33)15(21,22)12(32)9(8)6-11(10)35-2/h5-6,12H,3-4,7,20-31H2,1-2H3. The van der Waals surface area contributed by atoms with Crippen LogP contribution in [0.1, 0.15) is 17.2 Å². The Hall–Kier alpha value is -0.771. The van der Waals surface area contributed by atoms with Gasteiger partial charge in [-0.3, -0.25) is 4.90 Å². The summed E-state index contributed by atoms with van der Waals surface area (Å²) in [6, 6.07) is 4.25. The zero-order valence-electron chi connectivity index (χ0n) is 25.0. The molecule has 0 N–H and O–H groups in total. The van der Waals surface area contributed by atoms with Crippen LogP contribution >= 0.6 is 0 Å². The third kappa shape index (κ3) is 3.89. The maximum atomic E-state index is 14.8. The Kier molecular flexibility index (Phi) is 7.10. The van der Waals surface area contributed by atoms with Gasteiger partial charge in [0.1, 0.15) is 37.2 Å². The number of ketones is 1. The van der Waals surface area contributed by atoms with Gasteiger partial charge in [-0.15, -0.1) is 10.2 Å². The molecule has 1 fully saturated rings. The van der Waals surface area contributed by atoms with Crippen molar-refractivity contribution in [1.82, 2.24) is 4.90 Å². The Bertz CT molecular complexity index is 1010. The summed E-state index contributed by atoms with van der Waals surface area (Å²) in [5.74, 6) is 1.87. The Labute approximate surface area is 224 Å². The molecule has 0 saturated carbocycles. The van der Waals surface area contributed by atoms with Crippen molar-refractivity contribution >= 4 is 99.9 Å². The van der Waals surface area contributed by atoms with Gasteiger partial charge in [0.05, 0.1) is 77.0 Å². The summed E-state index contributed by atoms with van der Waals surface area (Å²) in [6.45, 7) is 1.71. The summed E-state index contributed by atoms with van der Waals surface area (Å²) in [4.78, 5) is 17.4. The normalized spacial score (nSPS) is 25.3. The Balaban J connectivity index is 2.19. The first kappa shape index (κ1) is 28.8. The van der Waals surface area contributed by atoms with Crippen molar-refractivity contribution in [2.45, 2.75) is 43.7 Å². The summed E-state index contributed by atoms with van der Waals surface area (Å²) in [5.41, 5.74) is 2.48. The summed E-state index contributed by atoms with van der Waals surface area (Å²) in [5, 5.41) is -1.39. The predicted molar refractivity (Wildman–Crippen MR) is 181 cm³/mol. The van der Waals surface area contributed by atoms with Crippen molar-refractivity contribution in [3.63, 3.8) is 0 Å². The lowest BCUT2D eigenvalue weighted by molar-refractivity contribution is -0.130. The number of carbonyl (C=O) groups is 1. The highest BCUT2D eigenvalue weighted by atomic mass is 16.5. The minimum Gasteiger partial charge on any atom is -0.493 e. The van der Waals surface area contributed by atoms with E-state index in [2.05, 4.69) is 111 Å². The second-order valence-electron chi connectivity index (χ2n) is 14.7. The van der Waals surface area contributed by atoms with Crippen LogP contribution in [-0.2, 0) is 11.2 Å². The number of fused-ring (bicyclic) bond motifs is 3. The van der Waals surface area contributed by atoms with E-state index in [9.17, 15) is 4.79 Å². The number of hydrogen-bond donors (Lipinski definition) is 0. The molecule has 2 atom stereocenters. The minimum absolute atomic E-state index is 0.0114. The molecule has 1 aromatic rings. The highest BCUT2D eigenvalue weighted by Gasteiger charge is 2.66. The van der Waals surface area contributed by atoms with E-state index in [1.54, 1.807) is 14.2 Å². The van der Waals surface area contributed by atoms with Crippen LogP contribution in [-0.4, -0.2) is 132 Å². The van der Waals surface area contributed by atoms with Gasteiger partial charge in [-0.25, -0.2) is 0 Å².